The van der Waals surface area contributed by atoms with E-state index in [0.717, 1.165) is 5.56 Å². The number of esters is 1. The van der Waals surface area contributed by atoms with Crippen molar-refractivity contribution >= 4 is 27.9 Å². The lowest BCUT2D eigenvalue weighted by Crippen LogP contribution is -2.26. The van der Waals surface area contributed by atoms with Crippen LogP contribution < -0.4 is 5.11 Å². The summed E-state index contributed by atoms with van der Waals surface area (Å²) in [4.78, 5) is 21.9. The Labute approximate surface area is 108 Å². The summed E-state index contributed by atoms with van der Waals surface area (Å²) >= 11 is 3.19. The van der Waals surface area contributed by atoms with Crippen LogP contribution in [0.1, 0.15) is 29.8 Å². The Morgan fingerprint density at radius 1 is 1.29 bits per heavy atom. The summed E-state index contributed by atoms with van der Waals surface area (Å²) in [5, 5.41) is 10.5. The maximum Gasteiger partial charge on any atom is 0.322 e. The molecule has 0 aliphatic heterocycles. The van der Waals surface area contributed by atoms with Crippen LogP contribution in [-0.2, 0) is 16.1 Å². The van der Waals surface area contributed by atoms with Crippen LogP contribution in [0.4, 0.5) is 0 Å². The maximum atomic E-state index is 11.4. The van der Waals surface area contributed by atoms with Gasteiger partial charge in [0.15, 0.2) is 0 Å². The second kappa shape index (κ2) is 5.31. The third-order valence-electron chi connectivity index (χ3n) is 2.04. The molecular weight excluding hydrogens is 288 g/mol. The predicted octanol–water partition coefficient (Wildman–Crippen LogP) is 1.27. The van der Waals surface area contributed by atoms with Gasteiger partial charge in [0.2, 0.25) is 0 Å². The zero-order valence-electron chi connectivity index (χ0n) is 9.53. The standard InChI is InChI=1S/C12H13BrO4/c1-12(2,13)11(16)17-7-8-3-5-9(6-4-8)10(14)15/h3-6H,7H2,1-2H3,(H,14,15)/p-1. The Hall–Kier alpha value is -1.36. The van der Waals surface area contributed by atoms with E-state index < -0.39 is 10.3 Å². The molecule has 0 aliphatic carbocycles. The first-order valence-corrected chi connectivity index (χ1v) is 5.76. The normalized spacial score (nSPS) is 11.0. The number of hydrogen-bond donors (Lipinski definition) is 0. The van der Waals surface area contributed by atoms with Crippen molar-refractivity contribution in [3.05, 3.63) is 35.4 Å². The molecule has 0 unspecified atom stereocenters. The number of alkyl halides is 1. The van der Waals surface area contributed by atoms with E-state index in [2.05, 4.69) is 15.9 Å². The average Bonchev–Trinajstić information content (AvgIpc) is 2.25. The van der Waals surface area contributed by atoms with Crippen molar-refractivity contribution in [1.82, 2.24) is 0 Å². The Morgan fingerprint density at radius 2 is 1.82 bits per heavy atom. The molecule has 0 saturated carbocycles. The minimum absolute atomic E-state index is 0.0981. The number of benzene rings is 1. The molecule has 0 saturated heterocycles. The molecule has 0 N–H and O–H groups in total. The Morgan fingerprint density at radius 3 is 2.24 bits per heavy atom. The number of halogens is 1. The molecule has 5 heteroatoms. The van der Waals surface area contributed by atoms with Crippen molar-refractivity contribution in [3.63, 3.8) is 0 Å². The molecule has 0 aromatic heterocycles. The van der Waals surface area contributed by atoms with Crippen molar-refractivity contribution < 1.29 is 19.4 Å². The number of aromatic carboxylic acids is 1. The molecule has 0 amide bonds. The topological polar surface area (TPSA) is 66.4 Å². The molecule has 0 atom stereocenters. The smallest absolute Gasteiger partial charge is 0.322 e. The molecule has 0 spiro atoms. The zero-order valence-corrected chi connectivity index (χ0v) is 11.1. The number of rotatable bonds is 4. The third kappa shape index (κ3) is 4.19. The lowest BCUT2D eigenvalue weighted by atomic mass is 10.1. The summed E-state index contributed by atoms with van der Waals surface area (Å²) in [7, 11) is 0. The van der Waals surface area contributed by atoms with Crippen LogP contribution in [-0.4, -0.2) is 16.3 Å². The first-order valence-electron chi connectivity index (χ1n) is 4.97. The zero-order chi connectivity index (χ0) is 13.1. The van der Waals surface area contributed by atoms with Crippen molar-refractivity contribution in [3.8, 4) is 0 Å². The molecule has 17 heavy (non-hydrogen) atoms. The van der Waals surface area contributed by atoms with E-state index in [9.17, 15) is 14.7 Å². The largest absolute Gasteiger partial charge is 0.545 e. The van der Waals surface area contributed by atoms with E-state index in [4.69, 9.17) is 4.74 Å². The van der Waals surface area contributed by atoms with Crippen molar-refractivity contribution in [2.24, 2.45) is 0 Å². The second-order valence-electron chi connectivity index (χ2n) is 4.03. The summed E-state index contributed by atoms with van der Waals surface area (Å²) in [5.41, 5.74) is 0.820. The van der Waals surface area contributed by atoms with Gasteiger partial charge in [-0.05, 0) is 25.0 Å². The van der Waals surface area contributed by atoms with Crippen LogP contribution in [0.5, 0.6) is 0 Å². The van der Waals surface area contributed by atoms with Gasteiger partial charge in [-0.3, -0.25) is 4.79 Å². The van der Waals surface area contributed by atoms with Crippen molar-refractivity contribution in [2.45, 2.75) is 24.8 Å². The molecular formula is C12H12BrO4-. The molecule has 0 radical (unpaired) electrons. The SMILES string of the molecule is CC(C)(Br)C(=O)OCc1ccc(C(=O)[O-])cc1. The molecule has 0 aliphatic rings. The van der Waals surface area contributed by atoms with Gasteiger partial charge in [0.05, 0.1) is 5.97 Å². The number of carbonyl (C=O) groups excluding carboxylic acids is 2. The highest BCUT2D eigenvalue weighted by molar-refractivity contribution is 9.10. The average molecular weight is 300 g/mol. The molecule has 0 bridgehead atoms. The molecule has 1 aromatic rings. The van der Waals surface area contributed by atoms with Crippen LogP contribution >= 0.6 is 15.9 Å². The van der Waals surface area contributed by atoms with Crippen molar-refractivity contribution in [2.75, 3.05) is 0 Å². The summed E-state index contributed by atoms with van der Waals surface area (Å²) in [6, 6.07) is 5.99. The van der Waals surface area contributed by atoms with Gasteiger partial charge in [-0.25, -0.2) is 0 Å². The van der Waals surface area contributed by atoms with Crippen LogP contribution in [0.3, 0.4) is 0 Å². The van der Waals surface area contributed by atoms with E-state index in [1.54, 1.807) is 26.0 Å². The summed E-state index contributed by atoms with van der Waals surface area (Å²) in [6.45, 7) is 3.49. The Bertz CT molecular complexity index is 417. The maximum absolute atomic E-state index is 11.4. The highest BCUT2D eigenvalue weighted by Gasteiger charge is 2.25. The molecule has 4 nitrogen and oxygen atoms in total. The minimum atomic E-state index is -1.23. The van der Waals surface area contributed by atoms with Crippen molar-refractivity contribution in [1.29, 1.82) is 0 Å². The predicted molar refractivity (Wildman–Crippen MR) is 63.6 cm³/mol. The minimum Gasteiger partial charge on any atom is -0.545 e. The van der Waals surface area contributed by atoms with Gasteiger partial charge in [-0.2, -0.15) is 0 Å². The molecule has 92 valence electrons. The third-order valence-corrected chi connectivity index (χ3v) is 2.37. The summed E-state index contributed by atoms with van der Waals surface area (Å²) < 4.78 is 4.32. The first-order chi connectivity index (χ1) is 7.80. The Balaban J connectivity index is 2.59. The van der Waals surface area contributed by atoms with Crippen LogP contribution in [0.2, 0.25) is 0 Å². The Kier molecular flexibility index (Phi) is 4.28. The number of carboxylic acids is 1. The van der Waals surface area contributed by atoms with Gasteiger partial charge in [0, 0.05) is 0 Å². The molecule has 0 fully saturated rings. The fraction of sp³-hybridized carbons (Fsp3) is 0.333. The number of hydrogen-bond acceptors (Lipinski definition) is 4. The number of ether oxygens (including phenoxy) is 1. The van der Waals surface area contributed by atoms with E-state index in [1.807, 2.05) is 0 Å². The fourth-order valence-electron chi connectivity index (χ4n) is 1.06. The fourth-order valence-corrected chi connectivity index (χ4v) is 1.17. The first kappa shape index (κ1) is 13.7. The highest BCUT2D eigenvalue weighted by Crippen LogP contribution is 2.18. The quantitative estimate of drug-likeness (QED) is 0.620. The monoisotopic (exact) mass is 299 g/mol. The van der Waals surface area contributed by atoms with E-state index in [1.165, 1.54) is 12.1 Å². The lowest BCUT2D eigenvalue weighted by molar-refractivity contribution is -0.255. The number of carbonyl (C=O) groups is 2. The van der Waals surface area contributed by atoms with Crippen LogP contribution in [0.15, 0.2) is 24.3 Å². The molecule has 1 aromatic carbocycles. The van der Waals surface area contributed by atoms with Gasteiger partial charge in [0.1, 0.15) is 10.9 Å². The van der Waals surface area contributed by atoms with Crippen LogP contribution in [0, 0.1) is 0 Å². The van der Waals surface area contributed by atoms with Gasteiger partial charge in [-0.15, -0.1) is 0 Å². The van der Waals surface area contributed by atoms with Gasteiger partial charge >= 0.3 is 5.97 Å². The van der Waals surface area contributed by atoms with Crippen LogP contribution in [0.25, 0.3) is 0 Å². The van der Waals surface area contributed by atoms with E-state index >= 15 is 0 Å². The highest BCUT2D eigenvalue weighted by atomic mass is 79.9. The van der Waals surface area contributed by atoms with Gasteiger partial charge in [-0.1, -0.05) is 40.2 Å². The summed E-state index contributed by atoms with van der Waals surface area (Å²) in [6.07, 6.45) is 0. The molecule has 1 rings (SSSR count). The molecule has 0 heterocycles. The summed E-state index contributed by atoms with van der Waals surface area (Å²) in [5.74, 6) is -1.60. The lowest BCUT2D eigenvalue weighted by Gasteiger charge is -2.14. The van der Waals surface area contributed by atoms with Gasteiger partial charge < -0.3 is 14.6 Å². The van der Waals surface area contributed by atoms with Gasteiger partial charge in [0.25, 0.3) is 0 Å². The van der Waals surface area contributed by atoms with E-state index in [-0.39, 0.29) is 18.1 Å². The van der Waals surface area contributed by atoms with E-state index in [0.29, 0.717) is 0 Å². The second-order valence-corrected chi connectivity index (χ2v) is 6.02. The number of carboxylic acid groups (broad SMARTS) is 1.